The van der Waals surface area contributed by atoms with Crippen molar-refractivity contribution < 1.29 is 23.1 Å². The van der Waals surface area contributed by atoms with Crippen LogP contribution >= 0.6 is 0 Å². The Balaban J connectivity index is 2.52. The number of ether oxygens (including phenoxy) is 1. The molecule has 7 nitrogen and oxygen atoms in total. The van der Waals surface area contributed by atoms with E-state index in [1.54, 1.807) is 0 Å². The smallest absolute Gasteiger partial charge is 0.339 e. The van der Waals surface area contributed by atoms with Gasteiger partial charge in [-0.3, -0.25) is 0 Å². The van der Waals surface area contributed by atoms with E-state index in [1.807, 2.05) is 0 Å². The van der Waals surface area contributed by atoms with Gasteiger partial charge in [-0.25, -0.2) is 13.2 Å². The van der Waals surface area contributed by atoms with E-state index in [1.165, 1.54) is 29.6 Å². The van der Waals surface area contributed by atoms with Crippen molar-refractivity contribution in [3.05, 3.63) is 23.8 Å². The predicted octanol–water partition coefficient (Wildman–Crippen LogP) is 0.201. The van der Waals surface area contributed by atoms with Crippen molar-refractivity contribution in [2.24, 2.45) is 0 Å². The molecule has 0 radical (unpaired) electrons. The number of anilines is 1. The molecule has 1 aromatic rings. The van der Waals surface area contributed by atoms with Crippen LogP contribution in [0.2, 0.25) is 0 Å². The lowest BCUT2D eigenvalue weighted by molar-refractivity contribution is 0.0596. The van der Waals surface area contributed by atoms with E-state index >= 15 is 0 Å². The fraction of sp³-hybridized carbons (Fsp3) is 0.462. The zero-order valence-electron chi connectivity index (χ0n) is 11.7. The van der Waals surface area contributed by atoms with E-state index in [0.29, 0.717) is 19.4 Å². The Hall–Kier alpha value is -1.64. The Kier molecular flexibility index (Phi) is 4.50. The molecule has 3 N–H and O–H groups in total. The number of rotatable bonds is 4. The van der Waals surface area contributed by atoms with Crippen LogP contribution < -0.4 is 5.73 Å². The van der Waals surface area contributed by atoms with Gasteiger partial charge in [0.05, 0.1) is 24.2 Å². The van der Waals surface area contributed by atoms with Crippen molar-refractivity contribution in [1.82, 2.24) is 4.31 Å². The van der Waals surface area contributed by atoms with Crippen LogP contribution in [0.25, 0.3) is 0 Å². The normalized spacial score (nSPS) is 19.6. The van der Waals surface area contributed by atoms with Crippen LogP contribution in [0.15, 0.2) is 23.1 Å². The summed E-state index contributed by atoms with van der Waals surface area (Å²) >= 11 is 0. The summed E-state index contributed by atoms with van der Waals surface area (Å²) in [6.07, 6.45) is 1.27. The number of hydrogen-bond donors (Lipinski definition) is 2. The first kappa shape index (κ1) is 15.7. The fourth-order valence-electron chi connectivity index (χ4n) is 2.48. The number of methoxy groups -OCH3 is 1. The molecule has 1 fully saturated rings. The SMILES string of the molecule is COC(=O)c1cc(N)ccc1S(=O)(=O)N1CCCC1CO. The Morgan fingerprint density at radius 2 is 2.24 bits per heavy atom. The van der Waals surface area contributed by atoms with Gasteiger partial charge in [-0.15, -0.1) is 0 Å². The number of benzene rings is 1. The van der Waals surface area contributed by atoms with Gasteiger partial charge in [0.1, 0.15) is 0 Å². The van der Waals surface area contributed by atoms with Gasteiger partial charge in [0.15, 0.2) is 0 Å². The molecule has 8 heteroatoms. The minimum Gasteiger partial charge on any atom is -0.465 e. The van der Waals surface area contributed by atoms with Crippen molar-refractivity contribution in [3.63, 3.8) is 0 Å². The van der Waals surface area contributed by atoms with E-state index < -0.39 is 22.0 Å². The minimum absolute atomic E-state index is 0.0962. The molecule has 1 aliphatic rings. The van der Waals surface area contributed by atoms with Gasteiger partial charge in [0, 0.05) is 18.3 Å². The van der Waals surface area contributed by atoms with Gasteiger partial charge in [0.2, 0.25) is 10.0 Å². The molecule has 1 aliphatic heterocycles. The summed E-state index contributed by atoms with van der Waals surface area (Å²) in [5.41, 5.74) is 5.79. The molecule has 1 unspecified atom stereocenters. The number of aliphatic hydroxyl groups is 1. The number of aliphatic hydroxyl groups excluding tert-OH is 1. The Labute approximate surface area is 123 Å². The second kappa shape index (κ2) is 6.00. The summed E-state index contributed by atoms with van der Waals surface area (Å²) < 4.78 is 31.3. The quantitative estimate of drug-likeness (QED) is 0.607. The molecule has 116 valence electrons. The third kappa shape index (κ3) is 2.87. The Bertz CT molecular complexity index is 644. The van der Waals surface area contributed by atoms with Crippen LogP contribution in [-0.4, -0.2) is 50.1 Å². The molecular weight excluding hydrogens is 296 g/mol. The van der Waals surface area contributed by atoms with E-state index in [2.05, 4.69) is 4.74 Å². The molecule has 2 rings (SSSR count). The second-order valence-electron chi connectivity index (χ2n) is 4.84. The lowest BCUT2D eigenvalue weighted by atomic mass is 10.2. The molecule has 0 saturated carbocycles. The van der Waals surface area contributed by atoms with Gasteiger partial charge in [-0.05, 0) is 31.0 Å². The van der Waals surface area contributed by atoms with Crippen molar-refractivity contribution in [3.8, 4) is 0 Å². The van der Waals surface area contributed by atoms with Crippen molar-refractivity contribution in [2.75, 3.05) is 26.0 Å². The average molecular weight is 314 g/mol. The van der Waals surface area contributed by atoms with Crippen LogP contribution in [-0.2, 0) is 14.8 Å². The van der Waals surface area contributed by atoms with Crippen LogP contribution in [0.1, 0.15) is 23.2 Å². The van der Waals surface area contributed by atoms with E-state index in [-0.39, 0.29) is 22.8 Å². The Morgan fingerprint density at radius 3 is 2.86 bits per heavy atom. The van der Waals surface area contributed by atoms with Gasteiger partial charge >= 0.3 is 5.97 Å². The number of nitrogen functional groups attached to an aromatic ring is 1. The maximum absolute atomic E-state index is 12.7. The molecule has 1 saturated heterocycles. The topological polar surface area (TPSA) is 110 Å². The number of sulfonamides is 1. The van der Waals surface area contributed by atoms with Crippen molar-refractivity contribution in [2.45, 2.75) is 23.8 Å². The zero-order valence-corrected chi connectivity index (χ0v) is 12.5. The van der Waals surface area contributed by atoms with Crippen LogP contribution in [0, 0.1) is 0 Å². The van der Waals surface area contributed by atoms with Crippen molar-refractivity contribution in [1.29, 1.82) is 0 Å². The lowest BCUT2D eigenvalue weighted by Crippen LogP contribution is -2.38. The van der Waals surface area contributed by atoms with Gasteiger partial charge in [0.25, 0.3) is 0 Å². The van der Waals surface area contributed by atoms with E-state index in [0.717, 1.165) is 0 Å². The number of nitrogens with two attached hydrogens (primary N) is 1. The highest BCUT2D eigenvalue weighted by Gasteiger charge is 2.37. The first-order chi connectivity index (χ1) is 9.91. The number of esters is 1. The number of hydrogen-bond acceptors (Lipinski definition) is 6. The maximum Gasteiger partial charge on any atom is 0.339 e. The number of nitrogens with zero attached hydrogens (tertiary/aromatic N) is 1. The monoisotopic (exact) mass is 314 g/mol. The van der Waals surface area contributed by atoms with E-state index in [4.69, 9.17) is 5.73 Å². The largest absolute Gasteiger partial charge is 0.465 e. The number of carbonyl (C=O) groups excluding carboxylic acids is 1. The summed E-state index contributed by atoms with van der Waals surface area (Å²) in [6, 6.07) is 3.54. The van der Waals surface area contributed by atoms with E-state index in [9.17, 15) is 18.3 Å². The highest BCUT2D eigenvalue weighted by molar-refractivity contribution is 7.89. The van der Waals surface area contributed by atoms with Crippen LogP contribution in [0.5, 0.6) is 0 Å². The summed E-state index contributed by atoms with van der Waals surface area (Å²) in [7, 11) is -2.71. The maximum atomic E-state index is 12.7. The van der Waals surface area contributed by atoms with Crippen LogP contribution in [0.4, 0.5) is 5.69 Å². The molecular formula is C13H18N2O5S. The minimum atomic E-state index is -3.89. The fourth-order valence-corrected chi connectivity index (χ4v) is 4.32. The number of carbonyl (C=O) groups is 1. The summed E-state index contributed by atoms with van der Waals surface area (Å²) in [5, 5.41) is 9.30. The first-order valence-electron chi connectivity index (χ1n) is 6.52. The molecule has 0 spiro atoms. The van der Waals surface area contributed by atoms with Gasteiger partial charge < -0.3 is 15.6 Å². The van der Waals surface area contributed by atoms with Crippen LogP contribution in [0.3, 0.4) is 0 Å². The van der Waals surface area contributed by atoms with Gasteiger partial charge in [-0.2, -0.15) is 4.31 Å². The Morgan fingerprint density at radius 1 is 1.52 bits per heavy atom. The molecule has 1 atom stereocenters. The average Bonchev–Trinajstić information content (AvgIpc) is 2.95. The van der Waals surface area contributed by atoms with Gasteiger partial charge in [-0.1, -0.05) is 0 Å². The summed E-state index contributed by atoms with van der Waals surface area (Å²) in [4.78, 5) is 11.6. The zero-order chi connectivity index (χ0) is 15.6. The standard InChI is InChI=1S/C13H18N2O5S/c1-20-13(17)11-7-9(14)4-5-12(11)21(18,19)15-6-2-3-10(15)8-16/h4-5,7,10,16H,2-3,6,8,14H2,1H3. The molecule has 0 aliphatic carbocycles. The molecule has 0 amide bonds. The molecule has 1 heterocycles. The highest BCUT2D eigenvalue weighted by atomic mass is 32.2. The molecule has 21 heavy (non-hydrogen) atoms. The second-order valence-corrected chi connectivity index (χ2v) is 6.70. The molecule has 0 bridgehead atoms. The summed E-state index contributed by atoms with van der Waals surface area (Å²) in [5.74, 6) is -0.763. The third-order valence-electron chi connectivity index (χ3n) is 3.53. The highest BCUT2D eigenvalue weighted by Crippen LogP contribution is 2.29. The molecule has 1 aromatic carbocycles. The lowest BCUT2D eigenvalue weighted by Gasteiger charge is -2.23. The first-order valence-corrected chi connectivity index (χ1v) is 7.96. The third-order valence-corrected chi connectivity index (χ3v) is 5.54. The van der Waals surface area contributed by atoms with Crippen molar-refractivity contribution >= 4 is 21.7 Å². The predicted molar refractivity (Wildman–Crippen MR) is 76.2 cm³/mol. The summed E-state index contributed by atoms with van der Waals surface area (Å²) in [6.45, 7) is 0.0698. The molecule has 0 aromatic heterocycles.